The Labute approximate surface area is 132 Å². The van der Waals surface area contributed by atoms with Crippen molar-refractivity contribution in [3.8, 4) is 0 Å². The Hall–Kier alpha value is -0.453. The fourth-order valence-electron chi connectivity index (χ4n) is 2.47. The zero-order chi connectivity index (χ0) is 15.2. The monoisotopic (exact) mass is 356 g/mol. The summed E-state index contributed by atoms with van der Waals surface area (Å²) in [6, 6.07) is 11.4. The molecule has 0 amide bonds. The van der Waals surface area contributed by atoms with Crippen LogP contribution in [0, 0.1) is 5.92 Å². The maximum atomic E-state index is 11.3. The zero-order valence-electron chi connectivity index (χ0n) is 12.9. The highest BCUT2D eigenvalue weighted by Gasteiger charge is 2.34. The van der Waals surface area contributed by atoms with Crippen molar-refractivity contribution in [2.24, 2.45) is 5.92 Å². The van der Waals surface area contributed by atoms with Crippen LogP contribution in [-0.4, -0.2) is 14.6 Å². The molecule has 0 bridgehead atoms. The number of hydrogen-bond acceptors (Lipinski definition) is 2. The van der Waals surface area contributed by atoms with Crippen molar-refractivity contribution in [3.63, 3.8) is 0 Å². The fraction of sp³-hybridized carbons (Fsp3) is 0.562. The van der Waals surface area contributed by atoms with Crippen LogP contribution >= 0.6 is 15.9 Å². The van der Waals surface area contributed by atoms with E-state index in [1.165, 1.54) is 0 Å². The molecule has 112 valence electrons. The third-order valence-electron chi connectivity index (χ3n) is 4.20. The van der Waals surface area contributed by atoms with Gasteiger partial charge in [0.05, 0.1) is 6.10 Å². The van der Waals surface area contributed by atoms with Gasteiger partial charge in [-0.2, -0.15) is 0 Å². The Morgan fingerprint density at radius 3 is 2.05 bits per heavy atom. The summed E-state index contributed by atoms with van der Waals surface area (Å²) in [6.07, 6.45) is 0.888. The third kappa shape index (κ3) is 4.27. The van der Waals surface area contributed by atoms with Gasteiger partial charge in [-0.05, 0) is 35.8 Å². The van der Waals surface area contributed by atoms with E-state index < -0.39 is 8.32 Å². The Bertz CT molecular complexity index is 407. The van der Waals surface area contributed by atoms with E-state index >= 15 is 0 Å². The van der Waals surface area contributed by atoms with Crippen molar-refractivity contribution in [3.05, 3.63) is 34.3 Å². The van der Waals surface area contributed by atoms with Crippen LogP contribution in [0.4, 0.5) is 0 Å². The molecule has 1 rings (SSSR count). The molecule has 0 radical (unpaired) electrons. The third-order valence-corrected chi connectivity index (χ3v) is 9.35. The van der Waals surface area contributed by atoms with Crippen molar-refractivity contribution in [1.82, 2.24) is 0 Å². The SMILES string of the molecule is CC[Si](CC)(CC)O[C@H](c1ccc(Br)cc1)[C@H](C)C=O. The second-order valence-corrected chi connectivity index (χ2v) is 11.0. The molecule has 0 spiro atoms. The Balaban J connectivity index is 3.06. The number of halogens is 1. The Morgan fingerprint density at radius 1 is 1.15 bits per heavy atom. The molecule has 1 aromatic carbocycles. The van der Waals surface area contributed by atoms with Gasteiger partial charge in [-0.15, -0.1) is 0 Å². The first-order valence-electron chi connectivity index (χ1n) is 7.40. The van der Waals surface area contributed by atoms with Crippen LogP contribution in [0.2, 0.25) is 18.1 Å². The molecule has 0 saturated carbocycles. The molecule has 4 heteroatoms. The summed E-state index contributed by atoms with van der Waals surface area (Å²) in [4.78, 5) is 11.3. The van der Waals surface area contributed by atoms with Crippen LogP contribution in [0.1, 0.15) is 39.4 Å². The van der Waals surface area contributed by atoms with Gasteiger partial charge in [0.1, 0.15) is 6.29 Å². The molecule has 0 N–H and O–H groups in total. The molecule has 0 fully saturated rings. The van der Waals surface area contributed by atoms with Crippen molar-refractivity contribution in [2.45, 2.75) is 51.9 Å². The molecule has 2 atom stereocenters. The molecule has 0 aliphatic rings. The number of carbonyl (C=O) groups excluding carboxylic acids is 1. The van der Waals surface area contributed by atoms with E-state index in [0.29, 0.717) is 0 Å². The van der Waals surface area contributed by atoms with Gasteiger partial charge in [0.2, 0.25) is 0 Å². The van der Waals surface area contributed by atoms with Crippen LogP contribution < -0.4 is 0 Å². The maximum Gasteiger partial charge on any atom is 0.192 e. The summed E-state index contributed by atoms with van der Waals surface area (Å²) < 4.78 is 7.60. The topological polar surface area (TPSA) is 26.3 Å². The van der Waals surface area contributed by atoms with E-state index in [-0.39, 0.29) is 12.0 Å². The predicted molar refractivity (Wildman–Crippen MR) is 90.4 cm³/mol. The molecule has 2 nitrogen and oxygen atoms in total. The van der Waals surface area contributed by atoms with Crippen molar-refractivity contribution in [2.75, 3.05) is 0 Å². The smallest absolute Gasteiger partial charge is 0.192 e. The quantitative estimate of drug-likeness (QED) is 0.463. The summed E-state index contributed by atoms with van der Waals surface area (Å²) >= 11 is 3.45. The standard InChI is InChI=1S/C16H25BrO2Si/c1-5-20(6-2,7-3)19-16(13(4)12-18)14-8-10-15(17)11-9-14/h8-13,16H,5-7H2,1-4H3/t13-,16+/m1/s1. The van der Waals surface area contributed by atoms with Gasteiger partial charge in [0, 0.05) is 10.4 Å². The molecule has 0 heterocycles. The van der Waals surface area contributed by atoms with Gasteiger partial charge in [-0.1, -0.05) is 55.8 Å². The lowest BCUT2D eigenvalue weighted by molar-refractivity contribution is -0.113. The second kappa shape index (κ2) is 8.10. The largest absolute Gasteiger partial charge is 0.409 e. The first-order valence-corrected chi connectivity index (χ1v) is 10.7. The second-order valence-electron chi connectivity index (χ2n) is 5.33. The minimum absolute atomic E-state index is 0.118. The zero-order valence-corrected chi connectivity index (χ0v) is 15.4. The predicted octanol–water partition coefficient (Wildman–Crippen LogP) is 5.35. The lowest BCUT2D eigenvalue weighted by Crippen LogP contribution is -2.39. The molecule has 0 aromatic heterocycles. The maximum absolute atomic E-state index is 11.3. The van der Waals surface area contributed by atoms with Crippen LogP contribution in [0.5, 0.6) is 0 Å². The minimum atomic E-state index is -1.73. The number of aldehydes is 1. The minimum Gasteiger partial charge on any atom is -0.409 e. The van der Waals surface area contributed by atoms with Gasteiger partial charge in [-0.3, -0.25) is 0 Å². The molecule has 0 unspecified atom stereocenters. The summed E-state index contributed by atoms with van der Waals surface area (Å²) in [5.74, 6) is -0.118. The van der Waals surface area contributed by atoms with E-state index in [4.69, 9.17) is 4.43 Å². The summed E-state index contributed by atoms with van der Waals surface area (Å²) in [5, 5.41) is 0. The van der Waals surface area contributed by atoms with Crippen molar-refractivity contribution < 1.29 is 9.22 Å². The first-order chi connectivity index (χ1) is 9.51. The van der Waals surface area contributed by atoms with E-state index in [1.54, 1.807) is 0 Å². The average molecular weight is 357 g/mol. The van der Waals surface area contributed by atoms with Crippen molar-refractivity contribution in [1.29, 1.82) is 0 Å². The van der Waals surface area contributed by atoms with Gasteiger partial charge in [0.15, 0.2) is 8.32 Å². The number of hydrogen-bond donors (Lipinski definition) is 0. The highest BCUT2D eigenvalue weighted by molar-refractivity contribution is 9.10. The highest BCUT2D eigenvalue weighted by Crippen LogP contribution is 2.34. The Kier molecular flexibility index (Phi) is 7.13. The van der Waals surface area contributed by atoms with E-state index in [0.717, 1.165) is 34.5 Å². The molecular formula is C16H25BrO2Si. The summed E-state index contributed by atoms with van der Waals surface area (Å²) in [5.41, 5.74) is 1.10. The highest BCUT2D eigenvalue weighted by atomic mass is 79.9. The number of rotatable bonds is 8. The molecule has 1 aromatic rings. The van der Waals surface area contributed by atoms with Crippen LogP contribution in [0.15, 0.2) is 28.7 Å². The first kappa shape index (κ1) is 17.6. The van der Waals surface area contributed by atoms with E-state index in [9.17, 15) is 4.79 Å². The molecule has 20 heavy (non-hydrogen) atoms. The van der Waals surface area contributed by atoms with Gasteiger partial charge >= 0.3 is 0 Å². The molecule has 0 aliphatic heterocycles. The van der Waals surface area contributed by atoms with E-state index in [2.05, 4.69) is 48.8 Å². The molecular weight excluding hydrogens is 332 g/mol. The fourth-order valence-corrected chi connectivity index (χ4v) is 5.63. The molecule has 0 saturated heterocycles. The Morgan fingerprint density at radius 2 is 1.65 bits per heavy atom. The van der Waals surface area contributed by atoms with Crippen LogP contribution in [0.25, 0.3) is 0 Å². The lowest BCUT2D eigenvalue weighted by atomic mass is 9.99. The van der Waals surface area contributed by atoms with Gasteiger partial charge < -0.3 is 9.22 Å². The van der Waals surface area contributed by atoms with Gasteiger partial charge in [-0.25, -0.2) is 0 Å². The van der Waals surface area contributed by atoms with Crippen LogP contribution in [0.3, 0.4) is 0 Å². The summed E-state index contributed by atoms with van der Waals surface area (Å²) in [7, 11) is -1.73. The number of benzene rings is 1. The molecule has 0 aliphatic carbocycles. The normalized spacial score (nSPS) is 14.8. The number of carbonyl (C=O) groups is 1. The van der Waals surface area contributed by atoms with Crippen LogP contribution in [-0.2, 0) is 9.22 Å². The van der Waals surface area contributed by atoms with E-state index in [1.807, 2.05) is 19.1 Å². The van der Waals surface area contributed by atoms with Crippen molar-refractivity contribution >= 4 is 30.5 Å². The van der Waals surface area contributed by atoms with Gasteiger partial charge in [0.25, 0.3) is 0 Å². The lowest BCUT2D eigenvalue weighted by Gasteiger charge is -2.35. The average Bonchev–Trinajstić information content (AvgIpc) is 2.50. The summed E-state index contributed by atoms with van der Waals surface area (Å²) in [6.45, 7) is 8.58.